The lowest BCUT2D eigenvalue weighted by molar-refractivity contribution is -0.146. The molecule has 2 fully saturated rings. The first kappa shape index (κ1) is 37.6. The molecule has 0 amide bonds. The minimum atomic E-state index is -1.01. The lowest BCUT2D eigenvalue weighted by atomic mass is 9.67. The largest absolute Gasteiger partial charge is 0.481 e. The van der Waals surface area contributed by atoms with E-state index in [4.69, 9.17) is 5.73 Å². The number of anilines is 1. The number of H-pyrrole nitrogens is 1. The normalized spacial score (nSPS) is 29.3. The van der Waals surface area contributed by atoms with E-state index in [0.717, 1.165) is 82.7 Å². The van der Waals surface area contributed by atoms with Gasteiger partial charge < -0.3 is 31.1 Å². The van der Waals surface area contributed by atoms with Crippen LogP contribution in [0.3, 0.4) is 0 Å². The number of hydrogen-bond donors (Lipinski definition) is 6. The predicted octanol–water partition coefficient (Wildman–Crippen LogP) is 7.73. The minimum Gasteiger partial charge on any atom is -0.481 e. The fraction of sp³-hybridized carbons (Fsp3) is 0.707. The van der Waals surface area contributed by atoms with E-state index >= 15 is 0 Å². The van der Waals surface area contributed by atoms with Gasteiger partial charge in [-0.2, -0.15) is 0 Å². The molecule has 49 heavy (non-hydrogen) atoms. The third-order valence-corrected chi connectivity index (χ3v) is 12.7. The molecule has 3 aliphatic rings. The summed E-state index contributed by atoms with van der Waals surface area (Å²) in [4.78, 5) is 19.9. The van der Waals surface area contributed by atoms with E-state index in [1.54, 1.807) is 6.20 Å². The molecule has 8 atom stereocenters. The number of aromatic amines is 1. The number of carboxylic acid groups (broad SMARTS) is 1. The van der Waals surface area contributed by atoms with Gasteiger partial charge in [-0.25, -0.2) is 4.98 Å². The van der Waals surface area contributed by atoms with Crippen molar-refractivity contribution in [2.75, 3.05) is 5.73 Å². The summed E-state index contributed by atoms with van der Waals surface area (Å²) < 4.78 is 0. The van der Waals surface area contributed by atoms with Gasteiger partial charge in [-0.05, 0) is 124 Å². The van der Waals surface area contributed by atoms with Crippen LogP contribution in [0.1, 0.15) is 134 Å². The maximum Gasteiger partial charge on any atom is 0.309 e. The lowest BCUT2D eigenvalue weighted by Crippen LogP contribution is -2.38. The highest BCUT2D eigenvalue weighted by molar-refractivity contribution is 5.70. The maximum atomic E-state index is 12.4. The Labute approximate surface area is 294 Å². The zero-order chi connectivity index (χ0) is 34.9. The molecule has 7 N–H and O–H groups in total. The highest BCUT2D eigenvalue weighted by Crippen LogP contribution is 2.57. The summed E-state index contributed by atoms with van der Waals surface area (Å²) in [6.45, 7) is 2.21. The number of carboxylic acids is 1. The molecule has 0 aromatic carbocycles. The Morgan fingerprint density at radius 1 is 1.06 bits per heavy atom. The number of nitrogens with zero attached hydrogens (tertiary/aromatic N) is 1. The van der Waals surface area contributed by atoms with Crippen LogP contribution in [0.4, 0.5) is 5.82 Å². The van der Waals surface area contributed by atoms with Gasteiger partial charge >= 0.3 is 5.97 Å². The molecule has 0 aliphatic heterocycles. The number of aliphatic hydroxyl groups excluding tert-OH is 2. The number of rotatable bonds is 19. The fourth-order valence-corrected chi connectivity index (χ4v) is 9.85. The van der Waals surface area contributed by atoms with Crippen LogP contribution < -0.4 is 5.73 Å². The summed E-state index contributed by atoms with van der Waals surface area (Å²) in [6.07, 6.45) is 23.7. The SMILES string of the molecule is CCCCC[C@@H]1C=C[C@@H](CCCCC[C@H](C(=O)O)[C@H](O)CC[C@]2(O)C[C@H](C3(c4ccnc(N)c4)CCCC3)C[C@H]2Cc2ccc[nH]2)[C@H](O)C1. The Bertz CT molecular complexity index is 1320. The van der Waals surface area contributed by atoms with Gasteiger partial charge in [-0.15, -0.1) is 0 Å². The summed E-state index contributed by atoms with van der Waals surface area (Å²) >= 11 is 0. The Morgan fingerprint density at radius 3 is 2.55 bits per heavy atom. The molecule has 2 aromatic heterocycles. The van der Waals surface area contributed by atoms with Crippen LogP contribution in [0.15, 0.2) is 48.8 Å². The lowest BCUT2D eigenvalue weighted by Gasteiger charge is -2.37. The molecule has 272 valence electrons. The zero-order valence-electron chi connectivity index (χ0n) is 29.8. The number of hydrogen-bond acceptors (Lipinski definition) is 6. The zero-order valence-corrected chi connectivity index (χ0v) is 29.8. The predicted molar refractivity (Wildman–Crippen MR) is 195 cm³/mol. The number of aliphatic carboxylic acids is 1. The van der Waals surface area contributed by atoms with Gasteiger partial charge in [-0.3, -0.25) is 4.79 Å². The topological polar surface area (TPSA) is 153 Å². The number of pyridine rings is 1. The molecule has 5 rings (SSSR count). The van der Waals surface area contributed by atoms with Crippen molar-refractivity contribution in [2.45, 2.75) is 152 Å². The fourth-order valence-electron chi connectivity index (χ4n) is 9.85. The summed E-state index contributed by atoms with van der Waals surface area (Å²) in [5, 5.41) is 44.5. The van der Waals surface area contributed by atoms with Crippen LogP contribution >= 0.6 is 0 Å². The van der Waals surface area contributed by atoms with E-state index in [2.05, 4.69) is 41.2 Å². The van der Waals surface area contributed by atoms with Crippen LogP contribution in [0.5, 0.6) is 0 Å². The first-order valence-corrected chi connectivity index (χ1v) is 19.5. The molecule has 0 radical (unpaired) electrons. The first-order chi connectivity index (χ1) is 23.6. The second-order valence-electron chi connectivity index (χ2n) is 16.0. The molecule has 3 aliphatic carbocycles. The van der Waals surface area contributed by atoms with E-state index in [1.165, 1.54) is 24.8 Å². The van der Waals surface area contributed by atoms with Crippen molar-refractivity contribution in [3.05, 3.63) is 60.1 Å². The maximum absolute atomic E-state index is 12.4. The second-order valence-corrected chi connectivity index (χ2v) is 16.0. The molecule has 8 heteroatoms. The van der Waals surface area contributed by atoms with E-state index in [-0.39, 0.29) is 35.7 Å². The van der Waals surface area contributed by atoms with Crippen LogP contribution in [0.25, 0.3) is 0 Å². The van der Waals surface area contributed by atoms with Crippen molar-refractivity contribution in [1.29, 1.82) is 0 Å². The number of carbonyl (C=O) groups is 1. The smallest absolute Gasteiger partial charge is 0.309 e. The summed E-state index contributed by atoms with van der Waals surface area (Å²) in [7, 11) is 0. The van der Waals surface area contributed by atoms with Crippen molar-refractivity contribution < 1.29 is 25.2 Å². The summed E-state index contributed by atoms with van der Waals surface area (Å²) in [5.74, 6) is -0.371. The van der Waals surface area contributed by atoms with Gasteiger partial charge in [-0.1, -0.05) is 70.4 Å². The molecule has 0 unspecified atom stereocenters. The molecular formula is C41H63N3O5. The molecular weight excluding hydrogens is 614 g/mol. The number of nitrogens with one attached hydrogen (secondary N) is 1. The van der Waals surface area contributed by atoms with E-state index in [1.807, 2.05) is 18.3 Å². The Kier molecular flexibility index (Phi) is 13.4. The number of nitrogen functional groups attached to an aromatic ring is 1. The number of nitrogens with two attached hydrogens (primary N) is 1. The van der Waals surface area contributed by atoms with Crippen molar-refractivity contribution in [1.82, 2.24) is 9.97 Å². The van der Waals surface area contributed by atoms with Gasteiger partial charge in [0.05, 0.1) is 23.7 Å². The highest BCUT2D eigenvalue weighted by Gasteiger charge is 2.54. The molecule has 2 saturated carbocycles. The van der Waals surface area contributed by atoms with E-state index in [9.17, 15) is 25.2 Å². The van der Waals surface area contributed by atoms with Crippen molar-refractivity contribution >= 4 is 11.8 Å². The number of allylic oxidation sites excluding steroid dienone is 1. The standard InChI is InChI=1S/C41H63N3O5/c1-2-3-5-11-29-15-16-30(37(46)24-29)12-6-4-7-14-35(39(47)48)36(45)17-21-41(49)28-33(25-32(41)26-34-13-10-22-43-34)40(19-8-9-20-40)31-18-23-44-38(42)27-31/h10,13,15-16,18,22-23,27,29-30,32-33,35-37,43,45-46,49H,2-9,11-12,14,17,19-21,24-26,28H2,1H3,(H2,42,44)(H,47,48)/t29-,30-,32+,33-,35+,36-,37-,41+/m1/s1. The van der Waals surface area contributed by atoms with Crippen LogP contribution in [-0.4, -0.2) is 54.2 Å². The minimum absolute atomic E-state index is 0.000838. The van der Waals surface area contributed by atoms with Crippen LogP contribution in [0.2, 0.25) is 0 Å². The van der Waals surface area contributed by atoms with Crippen molar-refractivity contribution in [2.24, 2.45) is 29.6 Å². The summed E-state index contributed by atoms with van der Waals surface area (Å²) in [5.41, 5.74) is 7.39. The van der Waals surface area contributed by atoms with Crippen molar-refractivity contribution in [3.8, 4) is 0 Å². The monoisotopic (exact) mass is 677 g/mol. The quantitative estimate of drug-likeness (QED) is 0.0657. The van der Waals surface area contributed by atoms with E-state index in [0.29, 0.717) is 31.0 Å². The third-order valence-electron chi connectivity index (χ3n) is 12.7. The Balaban J connectivity index is 1.16. The third kappa shape index (κ3) is 9.56. The Hall–Kier alpha value is -2.68. The van der Waals surface area contributed by atoms with Gasteiger partial charge in [0.15, 0.2) is 0 Å². The summed E-state index contributed by atoms with van der Waals surface area (Å²) in [6, 6.07) is 8.16. The molecule has 0 saturated heterocycles. The molecule has 0 spiro atoms. The molecule has 2 heterocycles. The average molecular weight is 678 g/mol. The van der Waals surface area contributed by atoms with Gasteiger partial charge in [0.2, 0.25) is 0 Å². The van der Waals surface area contributed by atoms with Gasteiger partial charge in [0.25, 0.3) is 0 Å². The molecule has 0 bridgehead atoms. The van der Waals surface area contributed by atoms with E-state index < -0.39 is 23.6 Å². The second kappa shape index (κ2) is 17.5. The number of unbranched alkanes of at least 4 members (excludes halogenated alkanes) is 4. The van der Waals surface area contributed by atoms with Gasteiger partial charge in [0, 0.05) is 24.0 Å². The van der Waals surface area contributed by atoms with Gasteiger partial charge in [0.1, 0.15) is 5.82 Å². The number of aromatic nitrogens is 2. The van der Waals surface area contributed by atoms with Crippen LogP contribution in [0, 0.1) is 29.6 Å². The highest BCUT2D eigenvalue weighted by atomic mass is 16.4. The van der Waals surface area contributed by atoms with Crippen LogP contribution in [-0.2, 0) is 16.6 Å². The first-order valence-electron chi connectivity index (χ1n) is 19.5. The molecule has 2 aromatic rings. The molecule has 8 nitrogen and oxygen atoms in total. The Morgan fingerprint density at radius 2 is 1.86 bits per heavy atom. The average Bonchev–Trinajstić information content (AvgIpc) is 3.85. The number of aliphatic hydroxyl groups is 3. The van der Waals surface area contributed by atoms with Crippen molar-refractivity contribution in [3.63, 3.8) is 0 Å².